The van der Waals surface area contributed by atoms with E-state index in [-0.39, 0.29) is 0 Å². The second kappa shape index (κ2) is 6.81. The van der Waals surface area contributed by atoms with E-state index in [1.165, 1.54) is 12.8 Å². The van der Waals surface area contributed by atoms with Gasteiger partial charge in [0.1, 0.15) is 0 Å². The van der Waals surface area contributed by atoms with Crippen molar-refractivity contribution in [3.8, 4) is 0 Å². The van der Waals surface area contributed by atoms with Crippen LogP contribution in [-0.4, -0.2) is 0 Å². The zero-order valence-electron chi connectivity index (χ0n) is 13.8. The van der Waals surface area contributed by atoms with E-state index < -0.39 is 0 Å². The number of hydrogen-bond acceptors (Lipinski definition) is 0. The number of hydrogen-bond donors (Lipinski definition) is 0. The van der Waals surface area contributed by atoms with E-state index in [1.807, 2.05) is 0 Å². The van der Waals surface area contributed by atoms with Gasteiger partial charge in [0.15, 0.2) is 0 Å². The first-order valence-corrected chi connectivity index (χ1v) is 7.69. The summed E-state index contributed by atoms with van der Waals surface area (Å²) in [6, 6.07) is 0. The van der Waals surface area contributed by atoms with Gasteiger partial charge in [0, 0.05) is 0 Å². The van der Waals surface area contributed by atoms with E-state index >= 15 is 0 Å². The zero-order chi connectivity index (χ0) is 13.8. The average Bonchev–Trinajstić information content (AvgIpc) is 2.26. The monoisotopic (exact) mass is 240 g/mol. The van der Waals surface area contributed by atoms with E-state index in [9.17, 15) is 0 Å². The molecule has 0 aromatic carbocycles. The summed E-state index contributed by atoms with van der Waals surface area (Å²) >= 11 is 0. The lowest BCUT2D eigenvalue weighted by atomic mass is 9.60. The first-order chi connectivity index (χ1) is 7.69. The molecule has 0 spiro atoms. The van der Waals surface area contributed by atoms with Crippen LogP contribution in [0.15, 0.2) is 0 Å². The van der Waals surface area contributed by atoms with Gasteiger partial charge in [-0.05, 0) is 35.0 Å². The summed E-state index contributed by atoms with van der Waals surface area (Å²) < 4.78 is 0. The van der Waals surface area contributed by atoms with Gasteiger partial charge < -0.3 is 0 Å². The van der Waals surface area contributed by atoms with Crippen molar-refractivity contribution in [1.29, 1.82) is 0 Å². The third kappa shape index (κ3) is 4.00. The maximum absolute atomic E-state index is 2.50. The summed E-state index contributed by atoms with van der Waals surface area (Å²) in [5, 5.41) is 0. The Hall–Kier alpha value is 0. The molecule has 4 unspecified atom stereocenters. The van der Waals surface area contributed by atoms with Gasteiger partial charge in [-0.2, -0.15) is 0 Å². The molecular weight excluding hydrogens is 204 g/mol. The largest absolute Gasteiger partial charge is 0.0651 e. The van der Waals surface area contributed by atoms with Crippen LogP contribution in [-0.2, 0) is 0 Å². The fourth-order valence-corrected chi connectivity index (χ4v) is 3.54. The molecule has 0 saturated carbocycles. The van der Waals surface area contributed by atoms with Gasteiger partial charge in [0.05, 0.1) is 0 Å². The van der Waals surface area contributed by atoms with Crippen LogP contribution in [0.3, 0.4) is 0 Å². The Morgan fingerprint density at radius 3 is 1.59 bits per heavy atom. The van der Waals surface area contributed by atoms with Crippen molar-refractivity contribution in [3.05, 3.63) is 0 Å². The molecule has 0 bridgehead atoms. The summed E-state index contributed by atoms with van der Waals surface area (Å²) in [7, 11) is 0. The van der Waals surface area contributed by atoms with Crippen LogP contribution >= 0.6 is 0 Å². The minimum atomic E-state index is 0.452. The molecule has 0 heterocycles. The fourth-order valence-electron chi connectivity index (χ4n) is 3.54. The zero-order valence-corrected chi connectivity index (χ0v) is 13.8. The van der Waals surface area contributed by atoms with Gasteiger partial charge in [-0.3, -0.25) is 0 Å². The Labute approximate surface area is 111 Å². The molecule has 0 N–H and O–H groups in total. The van der Waals surface area contributed by atoms with Crippen LogP contribution in [0.1, 0.15) is 75.2 Å². The third-order valence-corrected chi connectivity index (χ3v) is 5.74. The predicted molar refractivity (Wildman–Crippen MR) is 80.2 cm³/mol. The first kappa shape index (κ1) is 17.0. The quantitative estimate of drug-likeness (QED) is 0.511. The normalized spacial score (nSPS) is 20.1. The molecule has 0 aliphatic heterocycles. The second-order valence-electron chi connectivity index (χ2n) is 7.11. The fraction of sp³-hybridized carbons (Fsp3) is 1.00. The molecule has 4 atom stereocenters. The first-order valence-electron chi connectivity index (χ1n) is 7.69. The molecule has 0 aromatic heterocycles. The topological polar surface area (TPSA) is 0 Å². The van der Waals surface area contributed by atoms with Crippen LogP contribution in [0.2, 0.25) is 0 Å². The highest BCUT2D eigenvalue weighted by atomic mass is 14.4. The summed E-state index contributed by atoms with van der Waals surface area (Å²) in [5.74, 6) is 4.09. The molecule has 0 aliphatic rings. The minimum Gasteiger partial charge on any atom is -0.0651 e. The van der Waals surface area contributed by atoms with E-state index in [1.54, 1.807) is 0 Å². The van der Waals surface area contributed by atoms with Crippen molar-refractivity contribution >= 4 is 0 Å². The molecule has 0 aromatic rings. The Kier molecular flexibility index (Phi) is 6.81. The van der Waals surface area contributed by atoms with Crippen LogP contribution in [0.4, 0.5) is 0 Å². The van der Waals surface area contributed by atoms with E-state index in [2.05, 4.69) is 62.3 Å². The van der Waals surface area contributed by atoms with Crippen LogP contribution in [0.25, 0.3) is 0 Å². The smallest absolute Gasteiger partial charge is 0.0295 e. The molecule has 0 rings (SSSR count). The van der Waals surface area contributed by atoms with Crippen LogP contribution in [0.5, 0.6) is 0 Å². The van der Waals surface area contributed by atoms with Crippen LogP contribution < -0.4 is 0 Å². The van der Waals surface area contributed by atoms with E-state index in [0.717, 1.165) is 29.6 Å². The highest BCUT2D eigenvalue weighted by Crippen LogP contribution is 2.46. The third-order valence-electron chi connectivity index (χ3n) is 5.74. The lowest BCUT2D eigenvalue weighted by Gasteiger charge is -2.45. The van der Waals surface area contributed by atoms with Gasteiger partial charge in [0.2, 0.25) is 0 Å². The Balaban J connectivity index is 4.94. The molecule has 0 heteroatoms. The van der Waals surface area contributed by atoms with Crippen molar-refractivity contribution in [2.24, 2.45) is 35.0 Å². The lowest BCUT2D eigenvalue weighted by molar-refractivity contribution is 0.0348. The van der Waals surface area contributed by atoms with Crippen molar-refractivity contribution in [3.63, 3.8) is 0 Å². The molecule has 17 heavy (non-hydrogen) atoms. The molecule has 0 amide bonds. The van der Waals surface area contributed by atoms with Crippen LogP contribution in [0, 0.1) is 35.0 Å². The molecule has 0 saturated heterocycles. The van der Waals surface area contributed by atoms with Crippen molar-refractivity contribution < 1.29 is 0 Å². The second-order valence-corrected chi connectivity index (χ2v) is 7.11. The Bertz CT molecular complexity index is 202. The van der Waals surface area contributed by atoms with Gasteiger partial charge >= 0.3 is 0 Å². The maximum atomic E-state index is 2.50. The highest BCUT2D eigenvalue weighted by molar-refractivity contribution is 4.87. The average molecular weight is 240 g/mol. The predicted octanol–water partition coefficient (Wildman–Crippen LogP) is 6.01. The summed E-state index contributed by atoms with van der Waals surface area (Å²) in [6.45, 7) is 21.8. The lowest BCUT2D eigenvalue weighted by Crippen LogP contribution is -2.38. The van der Waals surface area contributed by atoms with Crippen molar-refractivity contribution in [1.82, 2.24) is 0 Å². The number of rotatable bonds is 7. The Morgan fingerprint density at radius 1 is 0.824 bits per heavy atom. The molecule has 0 nitrogen and oxygen atoms in total. The molecular formula is C17H36. The van der Waals surface area contributed by atoms with Gasteiger partial charge in [-0.1, -0.05) is 75.2 Å². The summed E-state index contributed by atoms with van der Waals surface area (Å²) in [6.07, 6.45) is 2.63. The van der Waals surface area contributed by atoms with E-state index in [4.69, 9.17) is 0 Å². The maximum Gasteiger partial charge on any atom is -0.0295 e. The Morgan fingerprint density at radius 2 is 1.29 bits per heavy atom. The molecule has 104 valence electrons. The standard InChI is InChI=1S/C17H36/c1-10-13(5)16(11-2)17(8,9)15(7)14(6)12(3)4/h12-16H,10-11H2,1-9H3. The van der Waals surface area contributed by atoms with Crippen molar-refractivity contribution in [2.75, 3.05) is 0 Å². The molecule has 0 fully saturated rings. The SMILES string of the molecule is CCC(C)C(CC)C(C)(C)C(C)C(C)C(C)C. The summed E-state index contributed by atoms with van der Waals surface area (Å²) in [4.78, 5) is 0. The van der Waals surface area contributed by atoms with E-state index in [0.29, 0.717) is 5.41 Å². The summed E-state index contributed by atoms with van der Waals surface area (Å²) in [5.41, 5.74) is 0.452. The van der Waals surface area contributed by atoms with Gasteiger partial charge in [-0.25, -0.2) is 0 Å². The van der Waals surface area contributed by atoms with Gasteiger partial charge in [0.25, 0.3) is 0 Å². The van der Waals surface area contributed by atoms with Gasteiger partial charge in [-0.15, -0.1) is 0 Å². The van der Waals surface area contributed by atoms with Crippen molar-refractivity contribution in [2.45, 2.75) is 75.2 Å². The molecule has 0 aliphatic carbocycles. The molecule has 0 radical (unpaired) electrons. The highest BCUT2D eigenvalue weighted by Gasteiger charge is 2.38. The minimum absolute atomic E-state index is 0.452.